The van der Waals surface area contributed by atoms with Gasteiger partial charge >= 0.3 is 0 Å². The molecule has 1 aromatic rings. The molecule has 3 nitrogen and oxygen atoms in total. The normalized spacial score (nSPS) is 21.0. The molecule has 0 saturated heterocycles. The summed E-state index contributed by atoms with van der Waals surface area (Å²) in [6.45, 7) is 0. The van der Waals surface area contributed by atoms with Crippen molar-refractivity contribution < 1.29 is 4.74 Å². The van der Waals surface area contributed by atoms with E-state index in [1.165, 1.54) is 5.56 Å². The highest BCUT2D eigenvalue weighted by Gasteiger charge is 2.22. The summed E-state index contributed by atoms with van der Waals surface area (Å²) in [5.74, 6) is 0.930. The Labute approximate surface area is 77.7 Å². The van der Waals surface area contributed by atoms with Crippen LogP contribution in [0.4, 0.5) is 0 Å². The molecule has 0 fully saturated rings. The molecule has 1 aliphatic heterocycles. The van der Waals surface area contributed by atoms with Crippen molar-refractivity contribution in [2.45, 2.75) is 25.1 Å². The highest BCUT2D eigenvalue weighted by Crippen LogP contribution is 2.27. The van der Waals surface area contributed by atoms with Gasteiger partial charge in [0.2, 0.25) is 0 Å². The lowest BCUT2D eigenvalue weighted by molar-refractivity contribution is 0.147. The minimum absolute atomic E-state index is 0.0325. The van der Waals surface area contributed by atoms with Gasteiger partial charge in [-0.05, 0) is 24.5 Å². The molecule has 0 aromatic heterocycles. The molecule has 1 aromatic carbocycles. The van der Waals surface area contributed by atoms with Gasteiger partial charge in [-0.1, -0.05) is 18.2 Å². The fraction of sp³-hybridized carbons (Fsp3) is 0.400. The average Bonchev–Trinajstić information content (AvgIpc) is 2.17. The fourth-order valence-corrected chi connectivity index (χ4v) is 1.62. The summed E-state index contributed by atoms with van der Waals surface area (Å²) < 4.78 is 5.64. The first-order valence-electron chi connectivity index (χ1n) is 4.53. The predicted octanol–water partition coefficient (Wildman–Crippen LogP) is 0.624. The van der Waals surface area contributed by atoms with Crippen molar-refractivity contribution in [1.82, 2.24) is 0 Å². The van der Waals surface area contributed by atoms with E-state index in [0.717, 1.165) is 18.6 Å². The molecule has 4 N–H and O–H groups in total. The molecule has 3 heteroatoms. The van der Waals surface area contributed by atoms with Gasteiger partial charge in [-0.15, -0.1) is 0 Å². The Balaban J connectivity index is 2.20. The van der Waals surface area contributed by atoms with Gasteiger partial charge < -0.3 is 16.2 Å². The van der Waals surface area contributed by atoms with E-state index in [-0.39, 0.29) is 12.3 Å². The van der Waals surface area contributed by atoms with Crippen molar-refractivity contribution in [3.05, 3.63) is 29.8 Å². The Hall–Kier alpha value is -1.06. The molecule has 0 aliphatic carbocycles. The van der Waals surface area contributed by atoms with Crippen LogP contribution in [-0.2, 0) is 6.42 Å². The van der Waals surface area contributed by atoms with E-state index in [2.05, 4.69) is 6.07 Å². The fourth-order valence-electron chi connectivity index (χ4n) is 1.62. The Morgan fingerprint density at radius 2 is 2.08 bits per heavy atom. The molecule has 1 heterocycles. The van der Waals surface area contributed by atoms with Crippen LogP contribution >= 0.6 is 0 Å². The van der Waals surface area contributed by atoms with Crippen LogP contribution in [0.25, 0.3) is 0 Å². The third-order valence-corrected chi connectivity index (χ3v) is 2.38. The second kappa shape index (κ2) is 3.36. The summed E-state index contributed by atoms with van der Waals surface area (Å²) >= 11 is 0. The smallest absolute Gasteiger partial charge is 0.127 e. The van der Waals surface area contributed by atoms with Crippen LogP contribution < -0.4 is 16.2 Å². The Kier molecular flexibility index (Phi) is 2.20. The monoisotopic (exact) mass is 178 g/mol. The van der Waals surface area contributed by atoms with Crippen LogP contribution in [0.15, 0.2) is 24.3 Å². The minimum atomic E-state index is -0.381. The first kappa shape index (κ1) is 8.53. The number of aryl methyl sites for hydroxylation is 1. The molecule has 13 heavy (non-hydrogen) atoms. The van der Waals surface area contributed by atoms with E-state index in [1.54, 1.807) is 0 Å². The second-order valence-corrected chi connectivity index (χ2v) is 3.38. The summed E-state index contributed by atoms with van der Waals surface area (Å²) in [6.07, 6.45) is 1.50. The van der Waals surface area contributed by atoms with E-state index in [4.69, 9.17) is 16.2 Å². The van der Waals surface area contributed by atoms with Crippen molar-refractivity contribution in [2.75, 3.05) is 0 Å². The van der Waals surface area contributed by atoms with E-state index >= 15 is 0 Å². The molecular formula is C10H14N2O. The lowest BCUT2D eigenvalue weighted by atomic mass is 10.0. The lowest BCUT2D eigenvalue weighted by Crippen LogP contribution is -2.47. The van der Waals surface area contributed by atoms with Crippen LogP contribution in [0.5, 0.6) is 5.75 Å². The summed E-state index contributed by atoms with van der Waals surface area (Å²) in [7, 11) is 0. The SMILES string of the molecule is NC(N)C1CCc2ccccc2O1. The lowest BCUT2D eigenvalue weighted by Gasteiger charge is -2.28. The molecule has 2 rings (SSSR count). The first-order valence-corrected chi connectivity index (χ1v) is 4.53. The van der Waals surface area contributed by atoms with Crippen molar-refractivity contribution in [3.8, 4) is 5.75 Å². The number of para-hydroxylation sites is 1. The van der Waals surface area contributed by atoms with Gasteiger partial charge in [0.1, 0.15) is 11.9 Å². The maximum atomic E-state index is 5.64. The first-order chi connectivity index (χ1) is 6.27. The van der Waals surface area contributed by atoms with E-state index in [0.29, 0.717) is 0 Å². The summed E-state index contributed by atoms with van der Waals surface area (Å²) in [5.41, 5.74) is 12.4. The molecular weight excluding hydrogens is 164 g/mol. The van der Waals surface area contributed by atoms with Crippen LogP contribution in [0.2, 0.25) is 0 Å². The van der Waals surface area contributed by atoms with Crippen molar-refractivity contribution in [1.29, 1.82) is 0 Å². The van der Waals surface area contributed by atoms with Crippen LogP contribution in [-0.4, -0.2) is 12.3 Å². The minimum Gasteiger partial charge on any atom is -0.487 e. The quantitative estimate of drug-likeness (QED) is 0.620. The van der Waals surface area contributed by atoms with Gasteiger partial charge in [-0.2, -0.15) is 0 Å². The number of ether oxygens (including phenoxy) is 1. The number of nitrogens with two attached hydrogens (primary N) is 2. The van der Waals surface area contributed by atoms with Gasteiger partial charge in [0.25, 0.3) is 0 Å². The molecule has 0 bridgehead atoms. The van der Waals surface area contributed by atoms with Gasteiger partial charge in [0.15, 0.2) is 0 Å². The molecule has 70 valence electrons. The zero-order valence-electron chi connectivity index (χ0n) is 7.44. The van der Waals surface area contributed by atoms with Crippen LogP contribution in [0.3, 0.4) is 0 Å². The average molecular weight is 178 g/mol. The standard InChI is InChI=1S/C10H14N2O/c11-10(12)9-6-5-7-3-1-2-4-8(7)13-9/h1-4,9-10H,5-6,11-12H2. The number of hydrogen-bond acceptors (Lipinski definition) is 3. The highest BCUT2D eigenvalue weighted by atomic mass is 16.5. The molecule has 0 saturated carbocycles. The van der Waals surface area contributed by atoms with E-state index in [9.17, 15) is 0 Å². The second-order valence-electron chi connectivity index (χ2n) is 3.38. The number of fused-ring (bicyclic) bond motifs is 1. The molecule has 1 aliphatic rings. The molecule has 0 spiro atoms. The van der Waals surface area contributed by atoms with Crippen molar-refractivity contribution in [2.24, 2.45) is 11.5 Å². The molecule has 0 radical (unpaired) electrons. The summed E-state index contributed by atoms with van der Waals surface area (Å²) in [4.78, 5) is 0. The molecule has 1 unspecified atom stereocenters. The van der Waals surface area contributed by atoms with Crippen molar-refractivity contribution >= 4 is 0 Å². The third kappa shape index (κ3) is 1.66. The predicted molar refractivity (Wildman–Crippen MR) is 51.3 cm³/mol. The zero-order valence-corrected chi connectivity index (χ0v) is 7.44. The topological polar surface area (TPSA) is 61.3 Å². The zero-order chi connectivity index (χ0) is 9.26. The Morgan fingerprint density at radius 3 is 2.85 bits per heavy atom. The van der Waals surface area contributed by atoms with E-state index in [1.807, 2.05) is 18.2 Å². The van der Waals surface area contributed by atoms with Gasteiger partial charge in [-0.3, -0.25) is 0 Å². The maximum Gasteiger partial charge on any atom is 0.127 e. The van der Waals surface area contributed by atoms with Gasteiger partial charge in [0, 0.05) is 0 Å². The third-order valence-electron chi connectivity index (χ3n) is 2.38. The Bertz CT molecular complexity index is 299. The molecule has 0 amide bonds. The largest absolute Gasteiger partial charge is 0.487 e. The number of rotatable bonds is 1. The van der Waals surface area contributed by atoms with Crippen LogP contribution in [0, 0.1) is 0 Å². The van der Waals surface area contributed by atoms with Gasteiger partial charge in [0.05, 0.1) is 6.17 Å². The number of benzene rings is 1. The van der Waals surface area contributed by atoms with Crippen LogP contribution in [0.1, 0.15) is 12.0 Å². The van der Waals surface area contributed by atoms with Crippen molar-refractivity contribution in [3.63, 3.8) is 0 Å². The maximum absolute atomic E-state index is 5.64. The summed E-state index contributed by atoms with van der Waals surface area (Å²) in [5, 5.41) is 0. The Morgan fingerprint density at radius 1 is 1.31 bits per heavy atom. The highest BCUT2D eigenvalue weighted by molar-refractivity contribution is 5.35. The molecule has 1 atom stereocenters. The van der Waals surface area contributed by atoms with Gasteiger partial charge in [-0.25, -0.2) is 0 Å². The number of hydrogen-bond donors (Lipinski definition) is 2. The summed E-state index contributed by atoms with van der Waals surface area (Å²) in [6, 6.07) is 8.02. The van der Waals surface area contributed by atoms with E-state index < -0.39 is 0 Å².